The average Bonchev–Trinajstić information content (AvgIpc) is 2.78. The Labute approximate surface area is 199 Å². The van der Waals surface area contributed by atoms with Crippen LogP contribution in [0.5, 0.6) is 0 Å². The minimum atomic E-state index is -0.776. The fraction of sp³-hybridized carbons (Fsp3) is 0.250. The molecule has 2 aliphatic heterocycles. The second-order valence-corrected chi connectivity index (χ2v) is 8.75. The number of carbonyl (C=O) groups excluding carboxylic acids is 3. The monoisotopic (exact) mass is 482 g/mol. The van der Waals surface area contributed by atoms with Crippen molar-refractivity contribution in [2.45, 2.75) is 12.0 Å². The summed E-state index contributed by atoms with van der Waals surface area (Å²) >= 11 is 6.17. The molecule has 3 heterocycles. The van der Waals surface area contributed by atoms with Crippen molar-refractivity contribution in [1.82, 2.24) is 15.2 Å². The van der Waals surface area contributed by atoms with Crippen molar-refractivity contribution in [1.29, 1.82) is 0 Å². The average molecular weight is 483 g/mol. The van der Waals surface area contributed by atoms with E-state index in [1.165, 1.54) is 29.4 Å². The number of amides is 3. The van der Waals surface area contributed by atoms with Crippen molar-refractivity contribution in [3.8, 4) is 0 Å². The largest absolute Gasteiger partial charge is 0.377 e. The van der Waals surface area contributed by atoms with E-state index in [4.69, 9.17) is 16.3 Å². The lowest BCUT2D eigenvalue weighted by atomic mass is 9.88. The first-order chi connectivity index (χ1) is 16.4. The number of aromatic nitrogens is 1. The number of halogens is 2. The minimum Gasteiger partial charge on any atom is -0.377 e. The summed E-state index contributed by atoms with van der Waals surface area (Å²) in [5.74, 6) is -2.25. The maximum absolute atomic E-state index is 13.6. The van der Waals surface area contributed by atoms with Gasteiger partial charge < -0.3 is 20.3 Å². The van der Waals surface area contributed by atoms with Gasteiger partial charge in [-0.25, -0.2) is 4.39 Å². The summed E-state index contributed by atoms with van der Waals surface area (Å²) in [5.41, 5.74) is 1.21. The molecular formula is C24H20ClFN4O4. The summed E-state index contributed by atoms with van der Waals surface area (Å²) in [4.78, 5) is 44.4. The summed E-state index contributed by atoms with van der Waals surface area (Å²) in [5, 5.41) is 7.22. The number of pyridine rings is 1. The third-order valence-electron chi connectivity index (χ3n) is 5.94. The van der Waals surface area contributed by atoms with Crippen LogP contribution in [0.1, 0.15) is 21.8 Å². The highest BCUT2D eigenvalue weighted by molar-refractivity contribution is 6.30. The number of carbonyl (C=O) groups is 3. The standard InChI is InChI=1S/C24H20ClFN4O4/c25-14-1-3-18-19(6-14)20(9-30(24(18)33)10-22(31)28-16-11-34-12-16)23(32)29-21-8-27-7-13-5-15(26)2-4-17(13)21/h1-8,16,20H,9-12H2,(H,28,31)(H,29,32). The van der Waals surface area contributed by atoms with E-state index >= 15 is 0 Å². The fourth-order valence-electron chi connectivity index (χ4n) is 4.18. The van der Waals surface area contributed by atoms with Gasteiger partial charge in [-0.1, -0.05) is 11.6 Å². The van der Waals surface area contributed by atoms with Crippen LogP contribution in [-0.4, -0.2) is 60.0 Å². The number of rotatable bonds is 5. The minimum absolute atomic E-state index is 0.000577. The molecule has 1 aromatic heterocycles. The Morgan fingerprint density at radius 1 is 1.18 bits per heavy atom. The molecule has 2 aliphatic rings. The topological polar surface area (TPSA) is 101 Å². The second-order valence-electron chi connectivity index (χ2n) is 8.31. The van der Waals surface area contributed by atoms with Gasteiger partial charge in [0.15, 0.2) is 0 Å². The molecule has 1 saturated heterocycles. The highest BCUT2D eigenvalue weighted by Crippen LogP contribution is 2.32. The Balaban J connectivity index is 1.42. The van der Waals surface area contributed by atoms with E-state index in [0.29, 0.717) is 45.8 Å². The Kier molecular flexibility index (Phi) is 5.89. The van der Waals surface area contributed by atoms with Crippen molar-refractivity contribution in [2.75, 3.05) is 31.6 Å². The van der Waals surface area contributed by atoms with Crippen LogP contribution in [0.15, 0.2) is 48.8 Å². The predicted octanol–water partition coefficient (Wildman–Crippen LogP) is 2.72. The zero-order chi connectivity index (χ0) is 23.8. The van der Waals surface area contributed by atoms with Crippen LogP contribution in [0.4, 0.5) is 10.1 Å². The molecule has 3 amide bonds. The maximum Gasteiger partial charge on any atom is 0.254 e. The molecule has 8 nitrogen and oxygen atoms in total. The maximum atomic E-state index is 13.6. The molecule has 1 atom stereocenters. The number of nitrogens with zero attached hydrogens (tertiary/aromatic N) is 2. The Morgan fingerprint density at radius 3 is 2.76 bits per heavy atom. The first-order valence-corrected chi connectivity index (χ1v) is 11.1. The lowest BCUT2D eigenvalue weighted by Gasteiger charge is -2.34. The summed E-state index contributed by atoms with van der Waals surface area (Å²) in [6, 6.07) is 8.87. The van der Waals surface area contributed by atoms with Gasteiger partial charge >= 0.3 is 0 Å². The van der Waals surface area contributed by atoms with Crippen molar-refractivity contribution in [3.05, 3.63) is 70.8 Å². The van der Waals surface area contributed by atoms with E-state index in [1.807, 2.05) is 0 Å². The molecule has 1 unspecified atom stereocenters. The van der Waals surface area contributed by atoms with E-state index in [1.54, 1.807) is 24.3 Å². The zero-order valence-electron chi connectivity index (χ0n) is 17.9. The quantitative estimate of drug-likeness (QED) is 0.582. The normalized spacial score (nSPS) is 17.8. The van der Waals surface area contributed by atoms with Gasteiger partial charge in [0.1, 0.15) is 5.82 Å². The van der Waals surface area contributed by atoms with Crippen LogP contribution < -0.4 is 10.6 Å². The Hall–Kier alpha value is -3.56. The van der Waals surface area contributed by atoms with Gasteiger partial charge in [-0.2, -0.15) is 0 Å². The number of nitrogens with one attached hydrogen (secondary N) is 2. The number of hydrogen-bond donors (Lipinski definition) is 2. The number of ether oxygens (including phenoxy) is 1. The predicted molar refractivity (Wildman–Crippen MR) is 123 cm³/mol. The van der Waals surface area contributed by atoms with Gasteiger partial charge in [0, 0.05) is 34.1 Å². The molecule has 0 bridgehead atoms. The molecule has 5 rings (SSSR count). The summed E-state index contributed by atoms with van der Waals surface area (Å²) in [6.07, 6.45) is 2.99. The third kappa shape index (κ3) is 4.32. The first-order valence-electron chi connectivity index (χ1n) is 10.7. The molecule has 0 spiro atoms. The smallest absolute Gasteiger partial charge is 0.254 e. The van der Waals surface area contributed by atoms with Crippen LogP contribution in [0.3, 0.4) is 0 Å². The van der Waals surface area contributed by atoms with Crippen molar-refractivity contribution < 1.29 is 23.5 Å². The van der Waals surface area contributed by atoms with Gasteiger partial charge in [-0.05, 0) is 42.0 Å². The van der Waals surface area contributed by atoms with Gasteiger partial charge in [-0.15, -0.1) is 0 Å². The van der Waals surface area contributed by atoms with E-state index in [0.717, 1.165) is 0 Å². The van der Waals surface area contributed by atoms with Crippen molar-refractivity contribution in [2.24, 2.45) is 0 Å². The fourth-order valence-corrected chi connectivity index (χ4v) is 4.36. The zero-order valence-corrected chi connectivity index (χ0v) is 18.6. The lowest BCUT2D eigenvalue weighted by Crippen LogP contribution is -2.53. The Morgan fingerprint density at radius 2 is 2.00 bits per heavy atom. The SMILES string of the molecule is O=C(CN1CC(C(=O)Nc2cncc3cc(F)ccc23)c2cc(Cl)ccc2C1=O)NC1COC1. The molecule has 10 heteroatoms. The van der Waals surface area contributed by atoms with E-state index in [9.17, 15) is 18.8 Å². The second kappa shape index (κ2) is 9.00. The van der Waals surface area contributed by atoms with Crippen molar-refractivity contribution >= 4 is 45.8 Å². The molecule has 1 fully saturated rings. The summed E-state index contributed by atoms with van der Waals surface area (Å²) in [7, 11) is 0. The molecule has 34 heavy (non-hydrogen) atoms. The molecule has 2 N–H and O–H groups in total. The highest BCUT2D eigenvalue weighted by atomic mass is 35.5. The van der Waals surface area contributed by atoms with Gasteiger partial charge in [-0.3, -0.25) is 19.4 Å². The van der Waals surface area contributed by atoms with Crippen LogP contribution in [0, 0.1) is 5.82 Å². The molecule has 2 aromatic carbocycles. The molecular weight excluding hydrogens is 463 g/mol. The van der Waals surface area contributed by atoms with Crippen LogP contribution in [0.2, 0.25) is 5.02 Å². The third-order valence-corrected chi connectivity index (χ3v) is 6.18. The van der Waals surface area contributed by atoms with Crippen LogP contribution in [-0.2, 0) is 14.3 Å². The molecule has 174 valence electrons. The lowest BCUT2D eigenvalue weighted by molar-refractivity contribution is -0.126. The van der Waals surface area contributed by atoms with Gasteiger partial charge in [0.2, 0.25) is 11.8 Å². The van der Waals surface area contributed by atoms with Gasteiger partial charge in [0.25, 0.3) is 5.91 Å². The van der Waals surface area contributed by atoms with Gasteiger partial charge in [0.05, 0.1) is 43.6 Å². The number of hydrogen-bond acceptors (Lipinski definition) is 5. The van der Waals surface area contributed by atoms with E-state index < -0.39 is 17.6 Å². The van der Waals surface area contributed by atoms with Crippen LogP contribution >= 0.6 is 11.6 Å². The molecule has 0 radical (unpaired) electrons. The van der Waals surface area contributed by atoms with E-state index in [2.05, 4.69) is 15.6 Å². The Bertz CT molecular complexity index is 1310. The number of benzene rings is 2. The highest BCUT2D eigenvalue weighted by Gasteiger charge is 2.37. The van der Waals surface area contributed by atoms with Crippen LogP contribution in [0.25, 0.3) is 10.8 Å². The molecule has 3 aromatic rings. The number of anilines is 1. The first kappa shape index (κ1) is 22.2. The molecule has 0 saturated carbocycles. The summed E-state index contributed by atoms with van der Waals surface area (Å²) in [6.45, 7) is 0.694. The van der Waals surface area contributed by atoms with E-state index in [-0.39, 0.29) is 30.9 Å². The van der Waals surface area contributed by atoms with Crippen molar-refractivity contribution in [3.63, 3.8) is 0 Å². The molecule has 0 aliphatic carbocycles. The summed E-state index contributed by atoms with van der Waals surface area (Å²) < 4.78 is 18.7. The number of fused-ring (bicyclic) bond motifs is 2.